The molecule has 0 spiro atoms. The third-order valence-electron chi connectivity index (χ3n) is 12.1. The normalized spacial score (nSPS) is 14.6. The molecule has 0 bridgehead atoms. The van der Waals surface area contributed by atoms with E-state index in [1.165, 1.54) is 102 Å². The fraction of sp³-hybridized carbons (Fsp3) is 0.143. The summed E-state index contributed by atoms with van der Waals surface area (Å²) in [4.78, 5) is 2.65. The van der Waals surface area contributed by atoms with E-state index in [9.17, 15) is 0 Å². The van der Waals surface area contributed by atoms with Gasteiger partial charge in [0.05, 0.1) is 5.69 Å². The summed E-state index contributed by atoms with van der Waals surface area (Å²) >= 11 is 3.89. The summed E-state index contributed by atoms with van der Waals surface area (Å²) in [6.07, 6.45) is 0. The Balaban J connectivity index is 1.29. The van der Waals surface area contributed by atoms with E-state index in [4.69, 9.17) is 0 Å². The predicted octanol–water partition coefficient (Wildman–Crippen LogP) is 12.3. The molecule has 4 heterocycles. The van der Waals surface area contributed by atoms with Crippen LogP contribution in [-0.4, -0.2) is 6.71 Å². The first-order chi connectivity index (χ1) is 25.7. The second kappa shape index (κ2) is 10.9. The lowest BCUT2D eigenvalue weighted by Gasteiger charge is -2.44. The van der Waals surface area contributed by atoms with Crippen molar-refractivity contribution in [2.75, 3.05) is 4.90 Å². The van der Waals surface area contributed by atoms with Crippen molar-refractivity contribution in [3.8, 4) is 11.1 Å². The van der Waals surface area contributed by atoms with E-state index in [0.29, 0.717) is 0 Å². The molecule has 1 nitrogen and oxygen atoms in total. The number of hydrogen-bond acceptors (Lipinski definition) is 3. The first-order valence-corrected chi connectivity index (χ1v) is 20.3. The molecule has 0 N–H and O–H groups in total. The second-order valence-corrected chi connectivity index (χ2v) is 18.7. The lowest BCUT2D eigenvalue weighted by atomic mass is 9.32. The highest BCUT2D eigenvalue weighted by Gasteiger charge is 2.47. The molecule has 4 heteroatoms. The zero-order valence-electron chi connectivity index (χ0n) is 30.6. The molecule has 2 aromatic heterocycles. The first-order valence-electron chi connectivity index (χ1n) is 18.7. The SMILES string of the molecule is CC(C)(C)c1ccc2sc3c(c2c1)N(c1ccc2c(c1)sc1ccccc12)c1cc(-c2cccc4ccccc24)cc2c1B3c1ccccc1C2(C)C. The summed E-state index contributed by atoms with van der Waals surface area (Å²) in [5.74, 6) is 0. The highest BCUT2D eigenvalue weighted by molar-refractivity contribution is 7.33. The van der Waals surface area contributed by atoms with E-state index in [1.807, 2.05) is 22.7 Å². The molecule has 0 amide bonds. The number of benzene rings is 7. The summed E-state index contributed by atoms with van der Waals surface area (Å²) in [6.45, 7) is 12.0. The van der Waals surface area contributed by atoms with Crippen molar-refractivity contribution in [2.45, 2.75) is 45.4 Å². The van der Waals surface area contributed by atoms with Crippen molar-refractivity contribution in [3.63, 3.8) is 0 Å². The van der Waals surface area contributed by atoms with Gasteiger partial charge < -0.3 is 4.90 Å². The van der Waals surface area contributed by atoms with Crippen LogP contribution >= 0.6 is 22.7 Å². The number of thiophene rings is 2. The minimum absolute atomic E-state index is 0.0343. The molecule has 0 fully saturated rings. The van der Waals surface area contributed by atoms with Gasteiger partial charge in [-0.1, -0.05) is 143 Å². The van der Waals surface area contributed by atoms with Gasteiger partial charge in [-0.15, -0.1) is 22.7 Å². The van der Waals surface area contributed by atoms with Crippen molar-refractivity contribution in [1.82, 2.24) is 0 Å². The van der Waals surface area contributed by atoms with E-state index in [1.54, 1.807) is 0 Å². The van der Waals surface area contributed by atoms with Crippen LogP contribution in [0.25, 0.3) is 52.2 Å². The molecule has 2 aliphatic rings. The van der Waals surface area contributed by atoms with Gasteiger partial charge in [-0.05, 0) is 85.9 Å². The summed E-state index contributed by atoms with van der Waals surface area (Å²) in [5, 5.41) is 6.57. The smallest absolute Gasteiger partial charge is 0.260 e. The molecule has 11 rings (SSSR count). The monoisotopic (exact) mass is 715 g/mol. The molecule has 0 saturated carbocycles. The van der Waals surface area contributed by atoms with Gasteiger partial charge in [-0.2, -0.15) is 0 Å². The Morgan fingerprint density at radius 2 is 1.32 bits per heavy atom. The molecule has 0 aliphatic carbocycles. The molecule has 7 aromatic carbocycles. The van der Waals surface area contributed by atoms with Gasteiger partial charge >= 0.3 is 0 Å². The van der Waals surface area contributed by atoms with Gasteiger partial charge in [0.2, 0.25) is 0 Å². The molecular weight excluding hydrogens is 677 g/mol. The van der Waals surface area contributed by atoms with Crippen LogP contribution in [0.5, 0.6) is 0 Å². The number of anilines is 3. The Morgan fingerprint density at radius 1 is 0.585 bits per heavy atom. The third-order valence-corrected chi connectivity index (χ3v) is 14.4. The molecule has 0 saturated heterocycles. The summed E-state index contributed by atoms with van der Waals surface area (Å²) in [5.41, 5.74) is 13.4. The molecule has 0 radical (unpaired) electrons. The summed E-state index contributed by atoms with van der Waals surface area (Å²) in [6, 6.07) is 53.2. The van der Waals surface area contributed by atoms with Crippen LogP contribution in [0.2, 0.25) is 0 Å². The first kappa shape index (κ1) is 31.4. The molecule has 2 aliphatic heterocycles. The summed E-state index contributed by atoms with van der Waals surface area (Å²) < 4.78 is 5.45. The summed E-state index contributed by atoms with van der Waals surface area (Å²) in [7, 11) is 0. The van der Waals surface area contributed by atoms with Gasteiger partial charge in [-0.25, -0.2) is 0 Å². The van der Waals surface area contributed by atoms with Crippen LogP contribution in [0.15, 0.2) is 140 Å². The Kier molecular flexibility index (Phi) is 6.48. The van der Waals surface area contributed by atoms with Crippen molar-refractivity contribution < 1.29 is 0 Å². The highest BCUT2D eigenvalue weighted by atomic mass is 32.1. The van der Waals surface area contributed by atoms with Crippen molar-refractivity contribution in [3.05, 3.63) is 156 Å². The van der Waals surface area contributed by atoms with Crippen molar-refractivity contribution in [1.29, 1.82) is 0 Å². The fourth-order valence-corrected chi connectivity index (χ4v) is 11.8. The number of hydrogen-bond donors (Lipinski definition) is 0. The van der Waals surface area contributed by atoms with Crippen molar-refractivity contribution in [2.24, 2.45) is 0 Å². The zero-order valence-corrected chi connectivity index (χ0v) is 32.3. The van der Waals surface area contributed by atoms with Gasteiger partial charge in [0.25, 0.3) is 6.71 Å². The molecule has 0 atom stereocenters. The predicted molar refractivity (Wildman–Crippen MR) is 234 cm³/mol. The lowest BCUT2D eigenvalue weighted by Crippen LogP contribution is -2.63. The van der Waals surface area contributed by atoms with Gasteiger partial charge in [0.15, 0.2) is 0 Å². The van der Waals surface area contributed by atoms with Crippen LogP contribution in [0, 0.1) is 0 Å². The van der Waals surface area contributed by atoms with E-state index < -0.39 is 0 Å². The van der Waals surface area contributed by atoms with Gasteiger partial charge in [-0.3, -0.25) is 0 Å². The fourth-order valence-electron chi connectivity index (χ4n) is 9.41. The Hall–Kier alpha value is -5.16. The number of fused-ring (bicyclic) bond motifs is 10. The van der Waals surface area contributed by atoms with E-state index in [0.717, 1.165) is 0 Å². The molecule has 0 unspecified atom stereocenters. The van der Waals surface area contributed by atoms with Gasteiger partial charge in [0, 0.05) is 51.8 Å². The molecule has 254 valence electrons. The van der Waals surface area contributed by atoms with Crippen LogP contribution in [0.1, 0.15) is 51.3 Å². The minimum atomic E-state index is -0.188. The zero-order chi connectivity index (χ0) is 35.8. The number of rotatable bonds is 2. The topological polar surface area (TPSA) is 3.24 Å². The quantitative estimate of drug-likeness (QED) is 0.161. The third kappa shape index (κ3) is 4.43. The second-order valence-electron chi connectivity index (χ2n) is 16.5. The van der Waals surface area contributed by atoms with E-state index in [2.05, 4.69) is 179 Å². The maximum Gasteiger partial charge on any atom is 0.260 e. The maximum atomic E-state index is 2.65. The van der Waals surface area contributed by atoms with Crippen molar-refractivity contribution >= 4 is 103 Å². The molecule has 9 aromatic rings. The Labute approximate surface area is 319 Å². The Bertz CT molecular complexity index is 2990. The number of nitrogens with zero attached hydrogens (tertiary/aromatic N) is 1. The highest BCUT2D eigenvalue weighted by Crippen LogP contribution is 2.50. The average Bonchev–Trinajstić information content (AvgIpc) is 3.73. The van der Waals surface area contributed by atoms with Gasteiger partial charge in [0.1, 0.15) is 0 Å². The molecule has 53 heavy (non-hydrogen) atoms. The van der Waals surface area contributed by atoms with Crippen LogP contribution in [0.4, 0.5) is 17.1 Å². The van der Waals surface area contributed by atoms with E-state index >= 15 is 0 Å². The van der Waals surface area contributed by atoms with Crippen LogP contribution in [-0.2, 0) is 10.8 Å². The molecular formula is C49H38BNS2. The maximum absolute atomic E-state index is 2.65. The minimum Gasteiger partial charge on any atom is -0.310 e. The van der Waals surface area contributed by atoms with Crippen LogP contribution in [0.3, 0.4) is 0 Å². The van der Waals surface area contributed by atoms with Crippen LogP contribution < -0.4 is 20.6 Å². The Morgan fingerprint density at radius 3 is 2.19 bits per heavy atom. The average molecular weight is 716 g/mol. The largest absolute Gasteiger partial charge is 0.310 e. The van der Waals surface area contributed by atoms with E-state index in [-0.39, 0.29) is 17.5 Å². The lowest BCUT2D eigenvalue weighted by molar-refractivity contribution is 0.591. The standard InChI is InChI=1S/C49H38BNS2/c1-48(2,3)31-21-24-43-37(27-31)46-47(53-43)50-40-19-10-9-18-38(40)49(4,5)39-25-30(34-17-12-14-29-13-6-7-15-33(29)34)26-41(45(39)50)51(46)32-22-23-36-35-16-8-11-20-42(35)52-44(36)28-32/h6-28H,1-5H3.